The van der Waals surface area contributed by atoms with Gasteiger partial charge >= 0.3 is 0 Å². The van der Waals surface area contributed by atoms with Crippen molar-refractivity contribution in [2.45, 2.75) is 13.5 Å². The zero-order valence-corrected chi connectivity index (χ0v) is 11.8. The van der Waals surface area contributed by atoms with E-state index >= 15 is 0 Å². The Balaban J connectivity index is 0.00000161. The van der Waals surface area contributed by atoms with E-state index in [2.05, 4.69) is 15.6 Å². The van der Waals surface area contributed by atoms with Gasteiger partial charge in [0, 0.05) is 12.1 Å². The summed E-state index contributed by atoms with van der Waals surface area (Å²) in [5, 5.41) is 8.26. The van der Waals surface area contributed by atoms with Gasteiger partial charge in [0.1, 0.15) is 6.33 Å². The largest absolute Gasteiger partial charge is 1.00 e. The first-order valence-electron chi connectivity index (χ1n) is 6.04. The number of carbonyl (C=O) groups is 1. The second kappa shape index (κ2) is 5.51. The molecule has 0 bridgehead atoms. The van der Waals surface area contributed by atoms with Crippen molar-refractivity contribution in [1.82, 2.24) is 24.6 Å². The molecule has 8 nitrogen and oxygen atoms in total. The first kappa shape index (κ1) is 14.9. The Labute approximate surface area is 124 Å². The van der Waals surface area contributed by atoms with Crippen molar-refractivity contribution in [1.29, 1.82) is 0 Å². The van der Waals surface area contributed by atoms with Crippen LogP contribution in [0.3, 0.4) is 0 Å². The van der Waals surface area contributed by atoms with Crippen LogP contribution in [0.2, 0.25) is 0 Å². The molecule has 2 heterocycles. The summed E-state index contributed by atoms with van der Waals surface area (Å²) in [5.41, 5.74) is 2.83. The number of carbonyl (C=O) groups excluding carboxylic acids is 1. The molecule has 9 heteroatoms. The molecule has 1 amide bonds. The van der Waals surface area contributed by atoms with Gasteiger partial charge in [-0.05, 0) is 25.1 Å². The van der Waals surface area contributed by atoms with Crippen LogP contribution in [0.5, 0.6) is 0 Å². The number of amides is 1. The highest BCUT2D eigenvalue weighted by Gasteiger charge is 2.13. The molecule has 3 N–H and O–H groups in total. The molecule has 1 aromatic carbocycles. The number of aryl methyl sites for hydroxylation is 1. The maximum atomic E-state index is 12.4. The summed E-state index contributed by atoms with van der Waals surface area (Å²) < 4.78 is 3.20. The molecule has 3 rings (SSSR count). The van der Waals surface area contributed by atoms with Crippen LogP contribution in [0, 0.1) is 0 Å². The number of aromatic nitrogens is 4. The van der Waals surface area contributed by atoms with E-state index in [1.807, 2.05) is 6.92 Å². The maximum Gasteiger partial charge on any atom is 0.265 e. The van der Waals surface area contributed by atoms with Crippen LogP contribution in [0.25, 0.3) is 16.7 Å². The lowest BCUT2D eigenvalue weighted by atomic mass is 10.1. The molecule has 0 aliphatic rings. The van der Waals surface area contributed by atoms with Crippen LogP contribution in [-0.4, -0.2) is 25.1 Å². The zero-order chi connectivity index (χ0) is 14.3. The average molecular weight is 308 g/mol. The monoisotopic (exact) mass is 307 g/mol. The standard InChI is InChI=1S/C12H12N6O2.ClH/c1-2-17-11(20)8-4-3-7(10(19)15-13)5-9(8)18-6-14-16-12(17)18;/h3-6H,2,13H2,1H3,(H,15,19);1H/p-1. The number of benzene rings is 1. The Morgan fingerprint density at radius 3 is 2.86 bits per heavy atom. The predicted octanol–water partition coefficient (Wildman–Crippen LogP) is -3.33. The summed E-state index contributed by atoms with van der Waals surface area (Å²) in [5.74, 6) is 5.14. The van der Waals surface area contributed by atoms with Crippen LogP contribution in [-0.2, 0) is 6.54 Å². The number of hydrogen-bond acceptors (Lipinski definition) is 5. The zero-order valence-electron chi connectivity index (χ0n) is 11.1. The Kier molecular flexibility index (Phi) is 3.92. The highest BCUT2D eigenvalue weighted by molar-refractivity contribution is 5.97. The fourth-order valence-electron chi connectivity index (χ4n) is 2.24. The fourth-order valence-corrected chi connectivity index (χ4v) is 2.24. The average Bonchev–Trinajstić information content (AvgIpc) is 2.96. The Hall–Kier alpha value is -2.45. The smallest absolute Gasteiger partial charge is 0.265 e. The fraction of sp³-hybridized carbons (Fsp3) is 0.167. The third-order valence-corrected chi connectivity index (χ3v) is 3.21. The maximum absolute atomic E-state index is 12.4. The lowest BCUT2D eigenvalue weighted by Crippen LogP contribution is -3.00. The van der Waals surface area contributed by atoms with Gasteiger partial charge in [-0.25, -0.2) is 5.84 Å². The molecular weight excluding hydrogens is 296 g/mol. The van der Waals surface area contributed by atoms with E-state index in [1.54, 1.807) is 22.6 Å². The van der Waals surface area contributed by atoms with Gasteiger partial charge in [0.05, 0.1) is 10.9 Å². The van der Waals surface area contributed by atoms with Gasteiger partial charge in [-0.3, -0.25) is 24.0 Å². The van der Waals surface area contributed by atoms with Crippen molar-refractivity contribution in [2.75, 3.05) is 0 Å². The highest BCUT2D eigenvalue weighted by Crippen LogP contribution is 2.14. The quantitative estimate of drug-likeness (QED) is 0.292. The van der Waals surface area contributed by atoms with Crippen LogP contribution in [0.1, 0.15) is 17.3 Å². The molecule has 0 atom stereocenters. The number of rotatable bonds is 2. The third-order valence-electron chi connectivity index (χ3n) is 3.21. The third kappa shape index (κ3) is 2.14. The predicted molar refractivity (Wildman–Crippen MR) is 72.1 cm³/mol. The number of fused-ring (bicyclic) bond motifs is 3. The van der Waals surface area contributed by atoms with E-state index in [1.165, 1.54) is 10.9 Å². The summed E-state index contributed by atoms with van der Waals surface area (Å²) in [7, 11) is 0. The van der Waals surface area contributed by atoms with Crippen LogP contribution < -0.4 is 29.2 Å². The highest BCUT2D eigenvalue weighted by atomic mass is 35.5. The normalized spacial score (nSPS) is 10.6. The van der Waals surface area contributed by atoms with Crippen molar-refractivity contribution in [3.63, 3.8) is 0 Å². The van der Waals surface area contributed by atoms with Crippen LogP contribution in [0.4, 0.5) is 0 Å². The Morgan fingerprint density at radius 1 is 1.43 bits per heavy atom. The van der Waals surface area contributed by atoms with Crippen molar-refractivity contribution < 1.29 is 17.2 Å². The molecular formula is C12H12ClN6O2-. The first-order valence-corrected chi connectivity index (χ1v) is 6.04. The number of nitrogens with zero attached hydrogens (tertiary/aromatic N) is 4. The summed E-state index contributed by atoms with van der Waals surface area (Å²) in [6.07, 6.45) is 1.51. The van der Waals surface area contributed by atoms with E-state index in [4.69, 9.17) is 5.84 Å². The van der Waals surface area contributed by atoms with Gasteiger partial charge in [-0.15, -0.1) is 10.2 Å². The molecule has 0 fully saturated rings. The van der Waals surface area contributed by atoms with Crippen molar-refractivity contribution in [2.24, 2.45) is 5.84 Å². The molecule has 0 spiro atoms. The van der Waals surface area contributed by atoms with Crippen molar-refractivity contribution >= 4 is 22.6 Å². The molecule has 0 saturated carbocycles. The first-order chi connectivity index (χ1) is 9.67. The van der Waals surface area contributed by atoms with E-state index in [0.29, 0.717) is 28.8 Å². The molecule has 2 aromatic heterocycles. The summed E-state index contributed by atoms with van der Waals surface area (Å²) in [6.45, 7) is 2.35. The van der Waals surface area contributed by atoms with Gasteiger partial charge in [0.15, 0.2) is 0 Å². The van der Waals surface area contributed by atoms with Gasteiger partial charge < -0.3 is 12.4 Å². The molecule has 3 aromatic rings. The summed E-state index contributed by atoms with van der Waals surface area (Å²) in [6, 6.07) is 4.76. The number of nitrogens with one attached hydrogen (secondary N) is 1. The number of nitrogens with two attached hydrogens (primary N) is 1. The van der Waals surface area contributed by atoms with E-state index in [-0.39, 0.29) is 18.0 Å². The number of hydrazine groups is 1. The Bertz CT molecular complexity index is 884. The lowest BCUT2D eigenvalue weighted by molar-refractivity contribution is -0.0000124. The minimum Gasteiger partial charge on any atom is -1.00 e. The van der Waals surface area contributed by atoms with Gasteiger partial charge in [-0.1, -0.05) is 0 Å². The van der Waals surface area contributed by atoms with Crippen LogP contribution in [0.15, 0.2) is 29.3 Å². The topological polar surface area (TPSA) is 107 Å². The molecule has 0 radical (unpaired) electrons. The number of hydrogen-bond donors (Lipinski definition) is 2. The molecule has 0 aliphatic carbocycles. The molecule has 21 heavy (non-hydrogen) atoms. The van der Waals surface area contributed by atoms with E-state index < -0.39 is 5.91 Å². The minimum atomic E-state index is -0.423. The van der Waals surface area contributed by atoms with E-state index in [9.17, 15) is 9.59 Å². The van der Waals surface area contributed by atoms with Crippen molar-refractivity contribution in [3.8, 4) is 0 Å². The molecule has 0 aliphatic heterocycles. The van der Waals surface area contributed by atoms with E-state index in [0.717, 1.165) is 0 Å². The number of nitrogen functional groups attached to an aromatic ring is 1. The lowest BCUT2D eigenvalue weighted by Gasteiger charge is -2.08. The molecule has 110 valence electrons. The second-order valence-electron chi connectivity index (χ2n) is 4.26. The summed E-state index contributed by atoms with van der Waals surface area (Å²) >= 11 is 0. The van der Waals surface area contributed by atoms with Gasteiger partial charge in [0.25, 0.3) is 11.5 Å². The van der Waals surface area contributed by atoms with Crippen molar-refractivity contribution in [3.05, 3.63) is 40.4 Å². The molecule has 0 saturated heterocycles. The minimum absolute atomic E-state index is 0. The molecule has 0 unspecified atom stereocenters. The van der Waals surface area contributed by atoms with Gasteiger partial charge in [0.2, 0.25) is 5.78 Å². The SMILES string of the molecule is CCn1c(=O)c2ccc(C(=O)NN)cc2n2cnnc12.[Cl-]. The van der Waals surface area contributed by atoms with Gasteiger partial charge in [-0.2, -0.15) is 0 Å². The number of halogens is 1. The Morgan fingerprint density at radius 2 is 2.19 bits per heavy atom. The van der Waals surface area contributed by atoms with Crippen LogP contribution >= 0.6 is 0 Å². The second-order valence-corrected chi connectivity index (χ2v) is 4.26. The summed E-state index contributed by atoms with van der Waals surface area (Å²) in [4.78, 5) is 24.0.